The number of rotatable bonds is 5. The molecule has 1 aromatic heterocycles. The number of carbonyl (C=O) groups excluding carboxylic acids is 2. The lowest BCUT2D eigenvalue weighted by Crippen LogP contribution is -2.41. The molecule has 0 bridgehead atoms. The van der Waals surface area contributed by atoms with Gasteiger partial charge in [0.2, 0.25) is 11.1 Å². The standard InChI is InChI=1S/C26H23N5O3S/c1-16-8-14-20(15-9-16)27-24(32)22-21(17-10-12-19(13-11-17)25(33)34-2)30-31-23(28-29-26(31)35-22)18-6-4-3-5-7-18/h3-15,21-22,30H,1-2H3,(H,27,32). The topological polar surface area (TPSA) is 98.1 Å². The molecule has 176 valence electrons. The van der Waals surface area contributed by atoms with E-state index in [0.29, 0.717) is 16.5 Å². The average Bonchev–Trinajstić information content (AvgIpc) is 3.32. The molecule has 2 heterocycles. The molecular formula is C26H23N5O3S. The van der Waals surface area contributed by atoms with Crippen LogP contribution in [0.3, 0.4) is 0 Å². The Morgan fingerprint density at radius 1 is 0.971 bits per heavy atom. The molecule has 35 heavy (non-hydrogen) atoms. The van der Waals surface area contributed by atoms with Gasteiger partial charge in [0.05, 0.1) is 18.7 Å². The highest BCUT2D eigenvalue weighted by atomic mass is 32.2. The summed E-state index contributed by atoms with van der Waals surface area (Å²) in [6.45, 7) is 2.00. The van der Waals surface area contributed by atoms with Crippen molar-refractivity contribution in [2.75, 3.05) is 17.9 Å². The molecule has 0 saturated carbocycles. The van der Waals surface area contributed by atoms with Gasteiger partial charge in [-0.3, -0.25) is 4.79 Å². The fourth-order valence-corrected chi connectivity index (χ4v) is 4.95. The zero-order valence-corrected chi connectivity index (χ0v) is 20.0. The number of anilines is 1. The molecule has 1 aliphatic rings. The second-order valence-corrected chi connectivity index (χ2v) is 9.23. The highest BCUT2D eigenvalue weighted by molar-refractivity contribution is 8.00. The summed E-state index contributed by atoms with van der Waals surface area (Å²) in [7, 11) is 1.35. The summed E-state index contributed by atoms with van der Waals surface area (Å²) in [4.78, 5) is 25.3. The number of carbonyl (C=O) groups is 2. The second kappa shape index (κ2) is 9.63. The predicted octanol–water partition coefficient (Wildman–Crippen LogP) is 4.44. The van der Waals surface area contributed by atoms with Crippen LogP contribution in [0.1, 0.15) is 27.5 Å². The number of nitrogens with zero attached hydrogens (tertiary/aromatic N) is 3. The lowest BCUT2D eigenvalue weighted by atomic mass is 10.0. The molecule has 2 unspecified atom stereocenters. The van der Waals surface area contributed by atoms with Crippen molar-refractivity contribution in [1.82, 2.24) is 14.9 Å². The van der Waals surface area contributed by atoms with Crippen LogP contribution >= 0.6 is 11.8 Å². The quantitative estimate of drug-likeness (QED) is 0.403. The Bertz CT molecular complexity index is 1350. The first-order valence-corrected chi connectivity index (χ1v) is 11.9. The van der Waals surface area contributed by atoms with Crippen molar-refractivity contribution in [2.45, 2.75) is 23.4 Å². The zero-order valence-electron chi connectivity index (χ0n) is 19.1. The summed E-state index contributed by atoms with van der Waals surface area (Å²) < 4.78 is 6.63. The molecule has 4 aromatic rings. The number of esters is 1. The third-order valence-corrected chi connectivity index (χ3v) is 6.95. The molecule has 0 aliphatic carbocycles. The van der Waals surface area contributed by atoms with Crippen molar-refractivity contribution in [1.29, 1.82) is 0 Å². The normalized spacial score (nSPS) is 16.6. The number of ether oxygens (including phenoxy) is 1. The van der Waals surface area contributed by atoms with Gasteiger partial charge in [-0.25, -0.2) is 9.47 Å². The number of hydrogen-bond acceptors (Lipinski definition) is 7. The van der Waals surface area contributed by atoms with Crippen molar-refractivity contribution >= 4 is 29.3 Å². The van der Waals surface area contributed by atoms with E-state index < -0.39 is 17.3 Å². The van der Waals surface area contributed by atoms with E-state index in [1.165, 1.54) is 18.9 Å². The largest absolute Gasteiger partial charge is 0.465 e. The number of fused-ring (bicyclic) bond motifs is 1. The number of thioether (sulfide) groups is 1. The van der Waals surface area contributed by atoms with E-state index in [9.17, 15) is 9.59 Å². The van der Waals surface area contributed by atoms with Crippen LogP contribution in [-0.2, 0) is 9.53 Å². The maximum atomic E-state index is 13.4. The highest BCUT2D eigenvalue weighted by Gasteiger charge is 2.38. The van der Waals surface area contributed by atoms with Gasteiger partial charge in [-0.2, -0.15) is 0 Å². The van der Waals surface area contributed by atoms with Crippen LogP contribution in [-0.4, -0.2) is 39.1 Å². The fraction of sp³-hybridized carbons (Fsp3) is 0.154. The smallest absolute Gasteiger partial charge is 0.337 e. The molecule has 0 radical (unpaired) electrons. The Morgan fingerprint density at radius 3 is 2.37 bits per heavy atom. The van der Waals surface area contributed by atoms with Crippen molar-refractivity contribution in [3.63, 3.8) is 0 Å². The lowest BCUT2D eigenvalue weighted by molar-refractivity contribution is -0.116. The van der Waals surface area contributed by atoms with Gasteiger partial charge in [0.1, 0.15) is 5.25 Å². The number of amides is 1. The average molecular weight is 486 g/mol. The van der Waals surface area contributed by atoms with Gasteiger partial charge in [-0.15, -0.1) is 10.2 Å². The van der Waals surface area contributed by atoms with Crippen molar-refractivity contribution < 1.29 is 14.3 Å². The molecule has 5 rings (SSSR count). The van der Waals surface area contributed by atoms with Gasteiger partial charge in [0.15, 0.2) is 5.82 Å². The van der Waals surface area contributed by atoms with E-state index in [4.69, 9.17) is 4.74 Å². The van der Waals surface area contributed by atoms with E-state index in [0.717, 1.165) is 22.4 Å². The summed E-state index contributed by atoms with van der Waals surface area (Å²) in [5.74, 6) is 0.0780. The molecule has 8 nitrogen and oxygen atoms in total. The molecule has 9 heteroatoms. The Balaban J connectivity index is 1.50. The van der Waals surface area contributed by atoms with Gasteiger partial charge in [-0.05, 0) is 36.8 Å². The summed E-state index contributed by atoms with van der Waals surface area (Å²) in [6, 6.07) is 24.0. The van der Waals surface area contributed by atoms with Crippen LogP contribution in [0.25, 0.3) is 11.4 Å². The van der Waals surface area contributed by atoms with Gasteiger partial charge >= 0.3 is 5.97 Å². The van der Waals surface area contributed by atoms with Crippen molar-refractivity contribution in [3.05, 3.63) is 95.6 Å². The maximum absolute atomic E-state index is 13.4. The van der Waals surface area contributed by atoms with E-state index in [1.807, 2.05) is 78.3 Å². The Morgan fingerprint density at radius 2 is 1.69 bits per heavy atom. The molecule has 0 fully saturated rings. The third kappa shape index (κ3) is 4.63. The Kier molecular flexibility index (Phi) is 6.24. The highest BCUT2D eigenvalue weighted by Crippen LogP contribution is 2.39. The molecule has 3 aromatic carbocycles. The fourth-order valence-electron chi connectivity index (χ4n) is 3.87. The first kappa shape index (κ1) is 22.7. The van der Waals surface area contributed by atoms with Gasteiger partial charge in [0.25, 0.3) is 0 Å². The summed E-state index contributed by atoms with van der Waals surface area (Å²) in [6.07, 6.45) is 0. The van der Waals surface area contributed by atoms with E-state index in [1.54, 1.807) is 12.1 Å². The minimum absolute atomic E-state index is 0.163. The molecule has 0 saturated heterocycles. The summed E-state index contributed by atoms with van der Waals surface area (Å²) >= 11 is 1.34. The predicted molar refractivity (Wildman–Crippen MR) is 135 cm³/mol. The van der Waals surface area contributed by atoms with Crippen LogP contribution in [0.5, 0.6) is 0 Å². The Hall–Kier alpha value is -4.11. The van der Waals surface area contributed by atoms with Crippen LogP contribution < -0.4 is 10.7 Å². The number of nitrogens with one attached hydrogen (secondary N) is 2. The number of aryl methyl sites for hydroxylation is 1. The third-order valence-electron chi connectivity index (χ3n) is 5.74. The van der Waals surface area contributed by atoms with Crippen molar-refractivity contribution in [3.8, 4) is 11.4 Å². The number of hydrogen-bond donors (Lipinski definition) is 2. The van der Waals surface area contributed by atoms with Crippen LogP contribution in [0, 0.1) is 6.92 Å². The van der Waals surface area contributed by atoms with E-state index in [2.05, 4.69) is 20.9 Å². The molecule has 0 spiro atoms. The summed E-state index contributed by atoms with van der Waals surface area (Å²) in [5, 5.41) is 11.8. The lowest BCUT2D eigenvalue weighted by Gasteiger charge is -2.33. The van der Waals surface area contributed by atoms with Gasteiger partial charge < -0.3 is 15.5 Å². The molecular weight excluding hydrogens is 462 g/mol. The van der Waals surface area contributed by atoms with Gasteiger partial charge in [0, 0.05) is 11.3 Å². The minimum atomic E-state index is -0.541. The van der Waals surface area contributed by atoms with E-state index >= 15 is 0 Å². The number of methoxy groups -OCH3 is 1. The Labute approximate surface area is 206 Å². The first-order chi connectivity index (χ1) is 17.0. The maximum Gasteiger partial charge on any atom is 0.337 e. The van der Waals surface area contributed by atoms with E-state index in [-0.39, 0.29) is 5.91 Å². The van der Waals surface area contributed by atoms with Crippen LogP contribution in [0.15, 0.2) is 84.0 Å². The van der Waals surface area contributed by atoms with Crippen molar-refractivity contribution in [2.24, 2.45) is 0 Å². The molecule has 2 N–H and O–H groups in total. The second-order valence-electron chi connectivity index (χ2n) is 8.12. The monoisotopic (exact) mass is 485 g/mol. The first-order valence-electron chi connectivity index (χ1n) is 11.0. The SMILES string of the molecule is COC(=O)c1ccc(C2Nn3c(nnc3-c3ccccc3)SC2C(=O)Nc2ccc(C)cc2)cc1. The molecule has 2 atom stereocenters. The molecule has 1 aliphatic heterocycles. The van der Waals surface area contributed by atoms with Crippen LogP contribution in [0.4, 0.5) is 5.69 Å². The molecule has 1 amide bonds. The number of benzene rings is 3. The van der Waals surface area contributed by atoms with Gasteiger partial charge in [-0.1, -0.05) is 71.9 Å². The minimum Gasteiger partial charge on any atom is -0.465 e. The zero-order chi connectivity index (χ0) is 24.4. The van der Waals surface area contributed by atoms with Crippen LogP contribution in [0.2, 0.25) is 0 Å². The number of aromatic nitrogens is 3. The summed E-state index contributed by atoms with van der Waals surface area (Å²) in [5.41, 5.74) is 7.46.